The van der Waals surface area contributed by atoms with Crippen molar-refractivity contribution in [1.82, 2.24) is 9.88 Å². The summed E-state index contributed by atoms with van der Waals surface area (Å²) in [5.74, 6) is 0.404. The second kappa shape index (κ2) is 5.92. The lowest BCUT2D eigenvalue weighted by Crippen LogP contribution is -2.24. The van der Waals surface area contributed by atoms with Gasteiger partial charge in [-0.15, -0.1) is 9.24 Å². The zero-order valence-electron chi connectivity index (χ0n) is 17.4. The largest absolute Gasteiger partial charge is 0.335 e. The van der Waals surface area contributed by atoms with Crippen molar-refractivity contribution in [1.29, 1.82) is 0 Å². The van der Waals surface area contributed by atoms with E-state index in [0.29, 0.717) is 5.92 Å². The smallest absolute Gasteiger partial charge is 0.0927 e. The summed E-state index contributed by atoms with van der Waals surface area (Å²) in [6.07, 6.45) is 8.12. The summed E-state index contributed by atoms with van der Waals surface area (Å²) in [5, 5.41) is 2.72. The highest BCUT2D eigenvalue weighted by Crippen LogP contribution is 2.49. The maximum absolute atomic E-state index is 5.25. The van der Waals surface area contributed by atoms with E-state index in [2.05, 4.69) is 53.3 Å². The highest BCUT2D eigenvalue weighted by Gasteiger charge is 2.37. The van der Waals surface area contributed by atoms with Crippen molar-refractivity contribution in [3.63, 3.8) is 0 Å². The first kappa shape index (κ1) is 17.7. The van der Waals surface area contributed by atoms with E-state index in [9.17, 15) is 0 Å². The molecule has 2 aliphatic heterocycles. The fourth-order valence-electron chi connectivity index (χ4n) is 5.88. The fourth-order valence-corrected chi connectivity index (χ4v) is 6.21. The summed E-state index contributed by atoms with van der Waals surface area (Å²) < 4.78 is 0. The van der Waals surface area contributed by atoms with Crippen LogP contribution in [0.4, 0.5) is 0 Å². The molecule has 0 radical (unpaired) electrons. The standard InChI is InChI=1S/C26H27N2P/c1-13-8-9-18-16(4)28-12-21-19-7-5-6-17-15(3)24(29)11-22(25(17)19)27-26(21)23(28)10-20(18)14(13)2/h10-11,14H,1,4-9,12,29H2,2-3H3. The van der Waals surface area contributed by atoms with Crippen LogP contribution < -0.4 is 5.30 Å². The molecule has 1 aromatic heterocycles. The maximum Gasteiger partial charge on any atom is 0.0927 e. The number of pyridine rings is 1. The Labute approximate surface area is 175 Å². The molecule has 1 aromatic carbocycles. The molecule has 3 heterocycles. The molecule has 0 bridgehead atoms. The zero-order valence-corrected chi connectivity index (χ0v) is 18.5. The van der Waals surface area contributed by atoms with Crippen LogP contribution in [-0.4, -0.2) is 9.88 Å². The van der Waals surface area contributed by atoms with Gasteiger partial charge >= 0.3 is 0 Å². The van der Waals surface area contributed by atoms with E-state index >= 15 is 0 Å². The van der Waals surface area contributed by atoms with Gasteiger partial charge in [-0.3, -0.25) is 0 Å². The van der Waals surface area contributed by atoms with Crippen molar-refractivity contribution >= 4 is 31.1 Å². The van der Waals surface area contributed by atoms with E-state index in [0.717, 1.165) is 25.8 Å². The van der Waals surface area contributed by atoms with Crippen molar-refractivity contribution in [2.75, 3.05) is 0 Å². The molecule has 2 aromatic rings. The van der Waals surface area contributed by atoms with E-state index in [-0.39, 0.29) is 0 Å². The lowest BCUT2D eigenvalue weighted by molar-refractivity contribution is 0.494. The molecular formula is C26H27N2P. The van der Waals surface area contributed by atoms with Crippen LogP contribution in [0.3, 0.4) is 0 Å². The van der Waals surface area contributed by atoms with Gasteiger partial charge < -0.3 is 4.90 Å². The predicted molar refractivity (Wildman–Crippen MR) is 125 cm³/mol. The van der Waals surface area contributed by atoms with Gasteiger partial charge in [0.05, 0.1) is 23.5 Å². The van der Waals surface area contributed by atoms with Crippen molar-refractivity contribution in [3.8, 4) is 0 Å². The third-order valence-corrected chi connectivity index (χ3v) is 8.31. The predicted octanol–water partition coefficient (Wildman–Crippen LogP) is 5.50. The number of allylic oxidation sites excluding steroid dienone is 4. The van der Waals surface area contributed by atoms with Crippen molar-refractivity contribution in [2.24, 2.45) is 5.92 Å². The van der Waals surface area contributed by atoms with Crippen molar-refractivity contribution in [3.05, 3.63) is 75.7 Å². The monoisotopic (exact) mass is 398 g/mol. The van der Waals surface area contributed by atoms with Crippen molar-refractivity contribution in [2.45, 2.75) is 52.5 Å². The van der Waals surface area contributed by atoms with Gasteiger partial charge in [0.25, 0.3) is 0 Å². The van der Waals surface area contributed by atoms with Crippen LogP contribution >= 0.6 is 9.24 Å². The minimum Gasteiger partial charge on any atom is -0.335 e. The lowest BCUT2D eigenvalue weighted by atomic mass is 9.78. The Bertz CT molecular complexity index is 1230. The van der Waals surface area contributed by atoms with Crippen LogP contribution in [0.15, 0.2) is 47.7 Å². The zero-order chi connectivity index (χ0) is 20.0. The Hall–Kier alpha value is -2.18. The van der Waals surface area contributed by atoms with Crippen LogP contribution in [0, 0.1) is 12.8 Å². The lowest BCUT2D eigenvalue weighted by Gasteiger charge is -2.36. The average Bonchev–Trinajstić information content (AvgIpc) is 3.08. The van der Waals surface area contributed by atoms with Crippen LogP contribution in [0.2, 0.25) is 0 Å². The third kappa shape index (κ3) is 2.24. The second-order valence-corrected chi connectivity index (χ2v) is 9.73. The number of fused-ring (bicyclic) bond motifs is 4. The van der Waals surface area contributed by atoms with E-state index < -0.39 is 0 Å². The van der Waals surface area contributed by atoms with E-state index in [4.69, 9.17) is 4.98 Å². The molecule has 2 atom stereocenters. The van der Waals surface area contributed by atoms with E-state index in [1.165, 1.54) is 85.1 Å². The Morgan fingerprint density at radius 2 is 1.90 bits per heavy atom. The van der Waals surface area contributed by atoms with Gasteiger partial charge in [0, 0.05) is 22.6 Å². The maximum atomic E-state index is 5.25. The number of aromatic nitrogens is 1. The van der Waals surface area contributed by atoms with Gasteiger partial charge in [0.2, 0.25) is 0 Å². The molecular weight excluding hydrogens is 371 g/mol. The minimum absolute atomic E-state index is 0.404. The first-order valence-electron chi connectivity index (χ1n) is 10.8. The van der Waals surface area contributed by atoms with E-state index in [1.54, 1.807) is 0 Å². The summed E-state index contributed by atoms with van der Waals surface area (Å²) in [7, 11) is 2.92. The molecule has 29 heavy (non-hydrogen) atoms. The van der Waals surface area contributed by atoms with Crippen molar-refractivity contribution < 1.29 is 0 Å². The van der Waals surface area contributed by atoms with Gasteiger partial charge in [-0.05, 0) is 84.3 Å². The van der Waals surface area contributed by atoms with Crippen LogP contribution in [0.5, 0.6) is 0 Å². The molecule has 4 aliphatic rings. The van der Waals surface area contributed by atoms with Crippen LogP contribution in [0.25, 0.3) is 16.6 Å². The summed E-state index contributed by atoms with van der Waals surface area (Å²) >= 11 is 0. The molecule has 6 rings (SSSR count). The Morgan fingerprint density at radius 3 is 2.72 bits per heavy atom. The molecule has 0 spiro atoms. The molecule has 0 saturated carbocycles. The molecule has 3 heteroatoms. The van der Waals surface area contributed by atoms with Gasteiger partial charge in [0.15, 0.2) is 0 Å². The highest BCUT2D eigenvalue weighted by molar-refractivity contribution is 7.27. The Kier molecular flexibility index (Phi) is 3.61. The highest BCUT2D eigenvalue weighted by atomic mass is 31.0. The first-order chi connectivity index (χ1) is 14.0. The molecule has 146 valence electrons. The second-order valence-electron chi connectivity index (χ2n) is 9.11. The summed E-state index contributed by atoms with van der Waals surface area (Å²) in [4.78, 5) is 7.68. The molecule has 2 nitrogen and oxygen atoms in total. The quantitative estimate of drug-likeness (QED) is 0.430. The van der Waals surface area contributed by atoms with Gasteiger partial charge in [0.1, 0.15) is 0 Å². The molecule has 0 saturated heterocycles. The van der Waals surface area contributed by atoms with Gasteiger partial charge in [-0.2, -0.15) is 0 Å². The third-order valence-electron chi connectivity index (χ3n) is 7.71. The minimum atomic E-state index is 0.404. The summed E-state index contributed by atoms with van der Waals surface area (Å²) in [5.41, 5.74) is 14.9. The number of nitrogens with zero attached hydrogens (tertiary/aromatic N) is 2. The van der Waals surface area contributed by atoms with Gasteiger partial charge in [-0.1, -0.05) is 25.7 Å². The Balaban J connectivity index is 1.62. The molecule has 0 fully saturated rings. The number of aryl methyl sites for hydroxylation is 2. The first-order valence-corrected chi connectivity index (χ1v) is 11.4. The Morgan fingerprint density at radius 1 is 1.10 bits per heavy atom. The van der Waals surface area contributed by atoms with Gasteiger partial charge in [-0.25, -0.2) is 4.98 Å². The number of benzene rings is 1. The van der Waals surface area contributed by atoms with E-state index in [1.807, 2.05) is 0 Å². The normalized spacial score (nSPS) is 22.7. The molecule has 0 amide bonds. The topological polar surface area (TPSA) is 16.1 Å². The molecule has 2 aliphatic carbocycles. The number of rotatable bonds is 0. The molecule has 0 N–H and O–H groups in total. The number of hydrogen-bond donors (Lipinski definition) is 0. The van der Waals surface area contributed by atoms with Crippen LogP contribution in [-0.2, 0) is 19.4 Å². The SMILES string of the molecule is C=C1CCC2=C(C=C3c4nc5cc(P)c(C)c6c5c(c4CN3C2=C)CCC6)C1C. The summed E-state index contributed by atoms with van der Waals surface area (Å²) in [6, 6.07) is 2.27. The average molecular weight is 398 g/mol. The fraction of sp³-hybridized carbons (Fsp3) is 0.346. The summed E-state index contributed by atoms with van der Waals surface area (Å²) in [6.45, 7) is 14.3. The number of hydrogen-bond acceptors (Lipinski definition) is 2. The van der Waals surface area contributed by atoms with Crippen LogP contribution in [0.1, 0.15) is 54.1 Å². The molecule has 2 unspecified atom stereocenters.